The summed E-state index contributed by atoms with van der Waals surface area (Å²) < 4.78 is 6.01. The molecule has 0 spiro atoms. The summed E-state index contributed by atoms with van der Waals surface area (Å²) in [6.45, 7) is 4.16. The summed E-state index contributed by atoms with van der Waals surface area (Å²) in [5, 5.41) is 3.00. The van der Waals surface area contributed by atoms with Gasteiger partial charge in [0.15, 0.2) is 11.6 Å². The zero-order valence-electron chi connectivity index (χ0n) is 16.5. The van der Waals surface area contributed by atoms with E-state index in [9.17, 15) is 4.79 Å². The summed E-state index contributed by atoms with van der Waals surface area (Å²) in [6, 6.07) is 3.76. The van der Waals surface area contributed by atoms with Crippen LogP contribution in [0.1, 0.15) is 44.9 Å². The number of halogens is 2. The molecular weight excluding hydrogens is 399 g/mol. The summed E-state index contributed by atoms with van der Waals surface area (Å²) in [6.07, 6.45) is 9.86. The van der Waals surface area contributed by atoms with E-state index in [1.807, 2.05) is 12.1 Å². The summed E-state index contributed by atoms with van der Waals surface area (Å²) >= 11 is 0. The molecule has 160 valence electrons. The van der Waals surface area contributed by atoms with Crippen molar-refractivity contribution >= 4 is 36.5 Å². The minimum absolute atomic E-state index is 0. The molecule has 28 heavy (non-hydrogen) atoms. The molecule has 6 nitrogen and oxygen atoms in total. The Balaban J connectivity index is 0.00000196. The van der Waals surface area contributed by atoms with Crippen molar-refractivity contribution in [2.24, 2.45) is 17.6 Å². The topological polar surface area (TPSA) is 80.5 Å². The van der Waals surface area contributed by atoms with Gasteiger partial charge in [-0.2, -0.15) is 0 Å². The predicted molar refractivity (Wildman–Crippen MR) is 118 cm³/mol. The van der Waals surface area contributed by atoms with E-state index >= 15 is 0 Å². The molecule has 1 saturated heterocycles. The largest absolute Gasteiger partial charge is 0.489 e. The highest BCUT2D eigenvalue weighted by Crippen LogP contribution is 2.28. The van der Waals surface area contributed by atoms with Gasteiger partial charge in [-0.25, -0.2) is 4.98 Å². The molecule has 1 aliphatic carbocycles. The second-order valence-electron chi connectivity index (χ2n) is 7.56. The maximum atomic E-state index is 12.6. The number of hydrogen-bond donors (Lipinski definition) is 2. The SMILES string of the molecule is Cl.Cl.NCCN1CCC(C(=O)Nc2ncccc2OCC2CCCCC2)CC1. The molecular formula is C20H34Cl2N4O2. The van der Waals surface area contributed by atoms with Crippen LogP contribution in [0.2, 0.25) is 0 Å². The quantitative estimate of drug-likeness (QED) is 0.688. The lowest BCUT2D eigenvalue weighted by Crippen LogP contribution is -2.40. The predicted octanol–water partition coefficient (Wildman–Crippen LogP) is 3.49. The van der Waals surface area contributed by atoms with E-state index < -0.39 is 0 Å². The number of nitrogens with zero attached hydrogens (tertiary/aromatic N) is 2. The smallest absolute Gasteiger partial charge is 0.228 e. The molecule has 1 amide bonds. The van der Waals surface area contributed by atoms with E-state index in [0.29, 0.717) is 30.6 Å². The van der Waals surface area contributed by atoms with Gasteiger partial charge in [-0.15, -0.1) is 24.8 Å². The number of nitrogens with one attached hydrogen (secondary N) is 1. The third-order valence-corrected chi connectivity index (χ3v) is 5.62. The fourth-order valence-electron chi connectivity index (χ4n) is 3.98. The monoisotopic (exact) mass is 432 g/mol. The number of likely N-dealkylation sites (tertiary alicyclic amines) is 1. The molecule has 3 rings (SSSR count). The first-order valence-electron chi connectivity index (χ1n) is 10.1. The van der Waals surface area contributed by atoms with Gasteiger partial charge in [-0.3, -0.25) is 4.79 Å². The first-order valence-corrected chi connectivity index (χ1v) is 10.1. The third-order valence-electron chi connectivity index (χ3n) is 5.62. The van der Waals surface area contributed by atoms with Gasteiger partial charge in [-0.05, 0) is 56.8 Å². The molecule has 0 radical (unpaired) electrons. The number of pyridine rings is 1. The summed E-state index contributed by atoms with van der Waals surface area (Å²) in [5.41, 5.74) is 5.61. The minimum atomic E-state index is 0. The highest BCUT2D eigenvalue weighted by atomic mass is 35.5. The Labute approximate surface area is 180 Å². The fraction of sp³-hybridized carbons (Fsp3) is 0.700. The van der Waals surface area contributed by atoms with E-state index in [4.69, 9.17) is 10.5 Å². The number of ether oxygens (including phenoxy) is 1. The lowest BCUT2D eigenvalue weighted by molar-refractivity contribution is -0.121. The second kappa shape index (κ2) is 13.2. The van der Waals surface area contributed by atoms with Crippen molar-refractivity contribution in [3.63, 3.8) is 0 Å². The Morgan fingerprint density at radius 3 is 2.57 bits per heavy atom. The minimum Gasteiger partial charge on any atom is -0.489 e. The van der Waals surface area contributed by atoms with Crippen molar-refractivity contribution in [1.29, 1.82) is 0 Å². The number of anilines is 1. The summed E-state index contributed by atoms with van der Waals surface area (Å²) in [4.78, 5) is 19.3. The van der Waals surface area contributed by atoms with Gasteiger partial charge < -0.3 is 20.7 Å². The maximum absolute atomic E-state index is 12.6. The normalized spacial score (nSPS) is 18.6. The number of aromatic nitrogens is 1. The van der Waals surface area contributed by atoms with Crippen molar-refractivity contribution in [3.8, 4) is 5.75 Å². The number of piperidine rings is 1. The van der Waals surface area contributed by atoms with Crippen LogP contribution < -0.4 is 15.8 Å². The molecule has 0 unspecified atom stereocenters. The highest BCUT2D eigenvalue weighted by Gasteiger charge is 2.25. The number of rotatable bonds is 7. The molecule has 0 aromatic carbocycles. The Hall–Kier alpha value is -1.08. The van der Waals surface area contributed by atoms with Gasteiger partial charge in [-0.1, -0.05) is 19.3 Å². The summed E-state index contributed by atoms with van der Waals surface area (Å²) in [5.74, 6) is 1.96. The van der Waals surface area contributed by atoms with Crippen molar-refractivity contribution in [1.82, 2.24) is 9.88 Å². The van der Waals surface area contributed by atoms with Gasteiger partial charge in [0.05, 0.1) is 6.61 Å². The Kier molecular flexibility index (Phi) is 11.8. The molecule has 2 fully saturated rings. The maximum Gasteiger partial charge on any atom is 0.228 e. The zero-order valence-corrected chi connectivity index (χ0v) is 18.1. The van der Waals surface area contributed by atoms with Crippen LogP contribution in [0.4, 0.5) is 5.82 Å². The van der Waals surface area contributed by atoms with Crippen LogP contribution in [0.25, 0.3) is 0 Å². The van der Waals surface area contributed by atoms with Crippen LogP contribution in [0, 0.1) is 11.8 Å². The average molecular weight is 433 g/mol. The standard InChI is InChI=1S/C20H32N4O2.2ClH/c21-10-14-24-12-8-17(9-13-24)20(25)23-19-18(7-4-11-22-19)26-15-16-5-2-1-3-6-16;;/h4,7,11,16-17H,1-3,5-6,8-10,12-15,21H2,(H,22,23,25);2*1H. The van der Waals surface area contributed by atoms with E-state index in [1.54, 1.807) is 6.20 Å². The van der Waals surface area contributed by atoms with Crippen LogP contribution in [0.3, 0.4) is 0 Å². The van der Waals surface area contributed by atoms with Gasteiger partial charge in [0.1, 0.15) is 0 Å². The van der Waals surface area contributed by atoms with E-state index in [1.165, 1.54) is 32.1 Å². The van der Waals surface area contributed by atoms with E-state index in [2.05, 4.69) is 15.2 Å². The van der Waals surface area contributed by atoms with Crippen LogP contribution in [0.5, 0.6) is 5.75 Å². The van der Waals surface area contributed by atoms with Crippen LogP contribution >= 0.6 is 24.8 Å². The molecule has 1 saturated carbocycles. The van der Waals surface area contributed by atoms with Crippen LogP contribution in [0.15, 0.2) is 18.3 Å². The highest BCUT2D eigenvalue weighted by molar-refractivity contribution is 5.92. The zero-order chi connectivity index (χ0) is 18.2. The first-order chi connectivity index (χ1) is 12.8. The average Bonchev–Trinajstić information content (AvgIpc) is 2.69. The summed E-state index contributed by atoms with van der Waals surface area (Å²) in [7, 11) is 0. The number of hydrogen-bond acceptors (Lipinski definition) is 5. The number of carbonyl (C=O) groups is 1. The van der Waals surface area contributed by atoms with Crippen molar-refractivity contribution < 1.29 is 9.53 Å². The Morgan fingerprint density at radius 2 is 1.89 bits per heavy atom. The second-order valence-corrected chi connectivity index (χ2v) is 7.56. The molecule has 8 heteroatoms. The Bertz CT molecular complexity index is 577. The van der Waals surface area contributed by atoms with Gasteiger partial charge in [0.25, 0.3) is 0 Å². The van der Waals surface area contributed by atoms with E-state index in [0.717, 1.165) is 32.5 Å². The van der Waals surface area contributed by atoms with Crippen molar-refractivity contribution in [2.75, 3.05) is 38.1 Å². The number of amides is 1. The van der Waals surface area contributed by atoms with Crippen molar-refractivity contribution in [2.45, 2.75) is 44.9 Å². The Morgan fingerprint density at radius 1 is 1.18 bits per heavy atom. The molecule has 0 bridgehead atoms. The molecule has 1 aromatic heterocycles. The lowest BCUT2D eigenvalue weighted by Gasteiger charge is -2.30. The van der Waals surface area contributed by atoms with Crippen LogP contribution in [-0.2, 0) is 4.79 Å². The molecule has 1 aromatic rings. The van der Waals surface area contributed by atoms with Crippen LogP contribution in [-0.4, -0.2) is 48.6 Å². The van der Waals surface area contributed by atoms with E-state index in [-0.39, 0.29) is 36.6 Å². The van der Waals surface area contributed by atoms with Crippen molar-refractivity contribution in [3.05, 3.63) is 18.3 Å². The fourth-order valence-corrected chi connectivity index (χ4v) is 3.98. The third kappa shape index (κ3) is 7.39. The first kappa shape index (κ1) is 25.0. The van der Waals surface area contributed by atoms with Gasteiger partial charge in [0.2, 0.25) is 5.91 Å². The van der Waals surface area contributed by atoms with Gasteiger partial charge >= 0.3 is 0 Å². The molecule has 2 heterocycles. The van der Waals surface area contributed by atoms with Gasteiger partial charge in [0, 0.05) is 25.2 Å². The molecule has 0 atom stereocenters. The lowest BCUT2D eigenvalue weighted by atomic mass is 9.90. The molecule has 2 aliphatic rings. The number of nitrogens with two attached hydrogens (primary N) is 1. The molecule has 3 N–H and O–H groups in total. The molecule has 1 aliphatic heterocycles. The number of carbonyl (C=O) groups excluding carboxylic acids is 1.